The molecule has 0 fully saturated rings. The predicted octanol–water partition coefficient (Wildman–Crippen LogP) is 3.28. The molecule has 9 heteroatoms. The van der Waals surface area contributed by atoms with Gasteiger partial charge < -0.3 is 23.8 Å². The summed E-state index contributed by atoms with van der Waals surface area (Å²) in [5.74, 6) is 4.46. The van der Waals surface area contributed by atoms with Crippen LogP contribution in [0.2, 0.25) is 0 Å². The van der Waals surface area contributed by atoms with Crippen LogP contribution in [0.3, 0.4) is 0 Å². The van der Waals surface area contributed by atoms with Crippen LogP contribution in [-0.4, -0.2) is 39.9 Å². The maximum absolute atomic E-state index is 5.51. The molecule has 9 nitrogen and oxygen atoms in total. The fourth-order valence-electron chi connectivity index (χ4n) is 3.78. The molecule has 4 aromatic rings. The SMILES string of the molecule is CCN(Cc1ccc2c(c1)OCO2)c1ccc2nnc(-c3ccc4c(c3)OCO4)n2n1. The summed E-state index contributed by atoms with van der Waals surface area (Å²) in [4.78, 5) is 2.18. The first kappa shape index (κ1) is 17.8. The number of anilines is 1. The molecule has 0 aliphatic carbocycles. The van der Waals surface area contributed by atoms with Gasteiger partial charge in [0, 0.05) is 18.7 Å². The Balaban J connectivity index is 1.34. The van der Waals surface area contributed by atoms with Crippen molar-refractivity contribution in [1.82, 2.24) is 19.8 Å². The Hall–Kier alpha value is -4.01. The quantitative estimate of drug-likeness (QED) is 0.489. The van der Waals surface area contributed by atoms with Gasteiger partial charge in [0.15, 0.2) is 34.5 Å². The molecule has 0 bridgehead atoms. The first-order chi connectivity index (χ1) is 15.3. The predicted molar refractivity (Wildman–Crippen MR) is 112 cm³/mol. The summed E-state index contributed by atoms with van der Waals surface area (Å²) in [6.07, 6.45) is 0. The van der Waals surface area contributed by atoms with Crippen LogP contribution in [0.15, 0.2) is 48.5 Å². The molecule has 0 amide bonds. The number of benzene rings is 2. The first-order valence-electron chi connectivity index (χ1n) is 10.0. The molecular weight excluding hydrogens is 398 g/mol. The number of fused-ring (bicyclic) bond motifs is 3. The monoisotopic (exact) mass is 417 g/mol. The molecule has 0 unspecified atom stereocenters. The molecule has 0 spiro atoms. The lowest BCUT2D eigenvalue weighted by molar-refractivity contribution is 0.173. The summed E-state index contributed by atoms with van der Waals surface area (Å²) >= 11 is 0. The van der Waals surface area contributed by atoms with Crippen molar-refractivity contribution < 1.29 is 18.9 Å². The van der Waals surface area contributed by atoms with Crippen molar-refractivity contribution in [2.45, 2.75) is 13.5 Å². The molecule has 0 radical (unpaired) electrons. The summed E-state index contributed by atoms with van der Waals surface area (Å²) in [6.45, 7) is 4.07. The third-order valence-corrected chi connectivity index (χ3v) is 5.40. The van der Waals surface area contributed by atoms with Gasteiger partial charge in [0.05, 0.1) is 0 Å². The Labute approximate surface area is 177 Å². The minimum Gasteiger partial charge on any atom is -0.454 e. The van der Waals surface area contributed by atoms with Gasteiger partial charge in [0.2, 0.25) is 13.6 Å². The van der Waals surface area contributed by atoms with Gasteiger partial charge in [-0.1, -0.05) is 6.07 Å². The summed E-state index contributed by atoms with van der Waals surface area (Å²) < 4.78 is 23.6. The normalized spacial score (nSPS) is 13.7. The van der Waals surface area contributed by atoms with E-state index in [-0.39, 0.29) is 13.6 Å². The minimum atomic E-state index is 0.229. The van der Waals surface area contributed by atoms with E-state index < -0.39 is 0 Å². The van der Waals surface area contributed by atoms with Gasteiger partial charge in [0.1, 0.15) is 5.82 Å². The second kappa shape index (κ2) is 7.05. The lowest BCUT2D eigenvalue weighted by Crippen LogP contribution is -2.23. The number of hydrogen-bond acceptors (Lipinski definition) is 8. The fourth-order valence-corrected chi connectivity index (χ4v) is 3.78. The highest BCUT2D eigenvalue weighted by molar-refractivity contribution is 5.64. The Bertz CT molecular complexity index is 1290. The van der Waals surface area contributed by atoms with Crippen molar-refractivity contribution in [2.75, 3.05) is 25.0 Å². The maximum Gasteiger partial charge on any atom is 0.231 e. The maximum atomic E-state index is 5.51. The molecule has 6 rings (SSSR count). The zero-order valence-corrected chi connectivity index (χ0v) is 16.8. The molecule has 4 heterocycles. The Kier molecular flexibility index (Phi) is 4.05. The number of aromatic nitrogens is 4. The van der Waals surface area contributed by atoms with Crippen LogP contribution in [0.1, 0.15) is 12.5 Å². The number of hydrogen-bond donors (Lipinski definition) is 0. The lowest BCUT2D eigenvalue weighted by atomic mass is 10.2. The lowest BCUT2D eigenvalue weighted by Gasteiger charge is -2.22. The van der Waals surface area contributed by atoms with Crippen LogP contribution in [0.25, 0.3) is 17.0 Å². The smallest absolute Gasteiger partial charge is 0.231 e. The van der Waals surface area contributed by atoms with E-state index in [9.17, 15) is 0 Å². The van der Waals surface area contributed by atoms with Crippen LogP contribution in [0.5, 0.6) is 23.0 Å². The Morgan fingerprint density at radius 3 is 2.39 bits per heavy atom. The topological polar surface area (TPSA) is 83.2 Å². The highest BCUT2D eigenvalue weighted by Crippen LogP contribution is 2.36. The molecule has 2 aromatic heterocycles. The van der Waals surface area contributed by atoms with Gasteiger partial charge in [-0.25, -0.2) is 0 Å². The van der Waals surface area contributed by atoms with Crippen LogP contribution >= 0.6 is 0 Å². The van der Waals surface area contributed by atoms with Gasteiger partial charge in [-0.15, -0.1) is 15.3 Å². The van der Waals surface area contributed by atoms with Gasteiger partial charge in [-0.05, 0) is 55.0 Å². The summed E-state index contributed by atoms with van der Waals surface area (Å²) in [5.41, 5.74) is 2.66. The van der Waals surface area contributed by atoms with Gasteiger partial charge in [0.25, 0.3) is 0 Å². The third-order valence-electron chi connectivity index (χ3n) is 5.40. The van der Waals surface area contributed by atoms with Crippen LogP contribution in [0.4, 0.5) is 5.82 Å². The molecule has 0 saturated heterocycles. The van der Waals surface area contributed by atoms with E-state index in [1.165, 1.54) is 0 Å². The van der Waals surface area contributed by atoms with Crippen LogP contribution < -0.4 is 23.8 Å². The highest BCUT2D eigenvalue weighted by Gasteiger charge is 2.19. The average molecular weight is 417 g/mol. The molecule has 2 aliphatic rings. The Morgan fingerprint density at radius 2 is 1.58 bits per heavy atom. The molecule has 2 aromatic carbocycles. The van der Waals surface area contributed by atoms with E-state index in [0.717, 1.165) is 40.7 Å². The van der Waals surface area contributed by atoms with E-state index in [2.05, 4.69) is 22.0 Å². The molecule has 2 aliphatic heterocycles. The molecule has 0 N–H and O–H groups in total. The van der Waals surface area contributed by atoms with Crippen LogP contribution in [0, 0.1) is 0 Å². The highest BCUT2D eigenvalue weighted by atomic mass is 16.7. The zero-order valence-electron chi connectivity index (χ0n) is 16.8. The Morgan fingerprint density at radius 1 is 0.839 bits per heavy atom. The summed E-state index contributed by atoms with van der Waals surface area (Å²) in [6, 6.07) is 15.6. The van der Waals surface area contributed by atoms with E-state index >= 15 is 0 Å². The van der Waals surface area contributed by atoms with Crippen molar-refractivity contribution >= 4 is 11.5 Å². The second-order valence-electron chi connectivity index (χ2n) is 7.25. The summed E-state index contributed by atoms with van der Waals surface area (Å²) in [5, 5.41) is 13.4. The van der Waals surface area contributed by atoms with Crippen molar-refractivity contribution in [3.63, 3.8) is 0 Å². The molecule has 0 saturated carbocycles. The number of ether oxygens (including phenoxy) is 4. The average Bonchev–Trinajstić information content (AvgIpc) is 3.55. The minimum absolute atomic E-state index is 0.229. The third kappa shape index (κ3) is 3.05. The van der Waals surface area contributed by atoms with E-state index in [4.69, 9.17) is 24.0 Å². The van der Waals surface area contributed by atoms with Crippen molar-refractivity contribution in [3.05, 3.63) is 54.1 Å². The molecule has 0 atom stereocenters. The molecule has 31 heavy (non-hydrogen) atoms. The fraction of sp³-hybridized carbons (Fsp3) is 0.227. The van der Waals surface area contributed by atoms with Crippen molar-refractivity contribution in [3.8, 4) is 34.4 Å². The molecule has 156 valence electrons. The second-order valence-corrected chi connectivity index (χ2v) is 7.25. The number of nitrogens with zero attached hydrogens (tertiary/aromatic N) is 5. The van der Waals surface area contributed by atoms with E-state index in [1.54, 1.807) is 4.52 Å². The van der Waals surface area contributed by atoms with Crippen molar-refractivity contribution in [2.24, 2.45) is 0 Å². The van der Waals surface area contributed by atoms with Crippen molar-refractivity contribution in [1.29, 1.82) is 0 Å². The largest absolute Gasteiger partial charge is 0.454 e. The standard InChI is InChI=1S/C22H19N5O4/c1-2-26(11-14-3-5-16-18(9-14)30-12-28-16)21-8-7-20-23-24-22(27(20)25-21)15-4-6-17-19(10-15)31-13-29-17/h3-10H,2,11-13H2,1H3. The zero-order chi connectivity index (χ0) is 20.8. The summed E-state index contributed by atoms with van der Waals surface area (Å²) in [7, 11) is 0. The first-order valence-corrected chi connectivity index (χ1v) is 10.0. The number of rotatable bonds is 5. The van der Waals surface area contributed by atoms with Crippen LogP contribution in [-0.2, 0) is 6.54 Å². The van der Waals surface area contributed by atoms with Gasteiger partial charge >= 0.3 is 0 Å². The molecular formula is C22H19N5O4. The van der Waals surface area contributed by atoms with Gasteiger partial charge in [-0.2, -0.15) is 4.52 Å². The van der Waals surface area contributed by atoms with E-state index in [0.29, 0.717) is 23.8 Å². The van der Waals surface area contributed by atoms with E-state index in [1.807, 2.05) is 48.5 Å². The van der Waals surface area contributed by atoms with Gasteiger partial charge in [-0.3, -0.25) is 0 Å².